The molecule has 1 heterocycles. The second-order valence-electron chi connectivity index (χ2n) is 3.97. The second kappa shape index (κ2) is 3.93. The van der Waals surface area contributed by atoms with E-state index in [0.717, 1.165) is 6.04 Å². The highest BCUT2D eigenvalue weighted by molar-refractivity contribution is 5.16. The summed E-state index contributed by atoms with van der Waals surface area (Å²) in [7, 11) is 2.24. The van der Waals surface area contributed by atoms with Gasteiger partial charge in [-0.1, -0.05) is 30.3 Å². The Morgan fingerprint density at radius 2 is 2.08 bits per heavy atom. The lowest BCUT2D eigenvalue weighted by Gasteiger charge is -2.19. The minimum Gasteiger partial charge on any atom is -0.303 e. The summed E-state index contributed by atoms with van der Waals surface area (Å²) in [6.45, 7) is 1.28. The number of benzene rings is 1. The molecule has 0 bridgehead atoms. The highest BCUT2D eigenvalue weighted by Crippen LogP contribution is 2.18. The number of hydrogen-bond donors (Lipinski definition) is 0. The van der Waals surface area contributed by atoms with Gasteiger partial charge in [-0.25, -0.2) is 0 Å². The zero-order chi connectivity index (χ0) is 9.10. The van der Waals surface area contributed by atoms with E-state index in [1.165, 1.54) is 31.4 Å². The van der Waals surface area contributed by atoms with Gasteiger partial charge >= 0.3 is 0 Å². The molecule has 1 aliphatic rings. The van der Waals surface area contributed by atoms with Crippen LogP contribution >= 0.6 is 0 Å². The Morgan fingerprint density at radius 1 is 1.31 bits per heavy atom. The fraction of sp³-hybridized carbons (Fsp3) is 0.500. The van der Waals surface area contributed by atoms with Crippen LogP contribution in [-0.2, 0) is 6.42 Å². The molecule has 2 rings (SSSR count). The van der Waals surface area contributed by atoms with E-state index < -0.39 is 0 Å². The topological polar surface area (TPSA) is 3.24 Å². The van der Waals surface area contributed by atoms with E-state index in [2.05, 4.69) is 42.3 Å². The Labute approximate surface area is 80.4 Å². The molecule has 70 valence electrons. The monoisotopic (exact) mass is 175 g/mol. The van der Waals surface area contributed by atoms with Gasteiger partial charge in [0.15, 0.2) is 0 Å². The SMILES string of the molecule is CN1CCCC1Cc1ccccc1. The Balaban J connectivity index is 1.98. The van der Waals surface area contributed by atoms with Crippen molar-refractivity contribution in [2.75, 3.05) is 13.6 Å². The van der Waals surface area contributed by atoms with Crippen molar-refractivity contribution in [2.45, 2.75) is 25.3 Å². The molecule has 1 fully saturated rings. The maximum Gasteiger partial charge on any atom is 0.0133 e. The van der Waals surface area contributed by atoms with Gasteiger partial charge < -0.3 is 4.90 Å². The van der Waals surface area contributed by atoms with Crippen molar-refractivity contribution < 1.29 is 0 Å². The molecule has 1 atom stereocenters. The van der Waals surface area contributed by atoms with Crippen molar-refractivity contribution in [2.24, 2.45) is 0 Å². The van der Waals surface area contributed by atoms with Gasteiger partial charge in [-0.2, -0.15) is 0 Å². The van der Waals surface area contributed by atoms with Crippen LogP contribution in [0.2, 0.25) is 0 Å². The fourth-order valence-electron chi connectivity index (χ4n) is 2.12. The van der Waals surface area contributed by atoms with Gasteiger partial charge in [0.05, 0.1) is 0 Å². The molecule has 1 aromatic rings. The third-order valence-electron chi connectivity index (χ3n) is 2.99. The second-order valence-corrected chi connectivity index (χ2v) is 3.97. The summed E-state index contributed by atoms with van der Waals surface area (Å²) in [5, 5.41) is 0. The first-order valence-corrected chi connectivity index (χ1v) is 5.10. The third kappa shape index (κ3) is 2.10. The lowest BCUT2D eigenvalue weighted by Crippen LogP contribution is -2.26. The standard InChI is InChI=1S/C12H17N/c1-13-9-5-8-12(13)10-11-6-3-2-4-7-11/h2-4,6-7,12H,5,8-10H2,1H3. The third-order valence-corrected chi connectivity index (χ3v) is 2.99. The van der Waals surface area contributed by atoms with Gasteiger partial charge in [-0.15, -0.1) is 0 Å². The van der Waals surface area contributed by atoms with Crippen molar-refractivity contribution in [3.05, 3.63) is 35.9 Å². The summed E-state index contributed by atoms with van der Waals surface area (Å²) in [6.07, 6.45) is 3.96. The van der Waals surface area contributed by atoms with E-state index in [-0.39, 0.29) is 0 Å². The Bertz CT molecular complexity index is 255. The predicted molar refractivity (Wildman–Crippen MR) is 55.8 cm³/mol. The average Bonchev–Trinajstić information content (AvgIpc) is 2.54. The molecule has 0 saturated carbocycles. The van der Waals surface area contributed by atoms with E-state index in [9.17, 15) is 0 Å². The van der Waals surface area contributed by atoms with Crippen LogP contribution in [0.5, 0.6) is 0 Å². The minimum atomic E-state index is 0.780. The highest BCUT2D eigenvalue weighted by atomic mass is 15.1. The molecule has 1 aliphatic heterocycles. The molecule has 0 spiro atoms. The molecular formula is C12H17N. The highest BCUT2D eigenvalue weighted by Gasteiger charge is 2.20. The molecule has 1 saturated heterocycles. The number of likely N-dealkylation sites (tertiary alicyclic amines) is 1. The lowest BCUT2D eigenvalue weighted by molar-refractivity contribution is 0.309. The largest absolute Gasteiger partial charge is 0.303 e. The zero-order valence-electron chi connectivity index (χ0n) is 8.24. The summed E-state index contributed by atoms with van der Waals surface area (Å²) in [5.74, 6) is 0. The molecule has 13 heavy (non-hydrogen) atoms. The average molecular weight is 175 g/mol. The van der Waals surface area contributed by atoms with Crippen LogP contribution in [-0.4, -0.2) is 24.5 Å². The molecule has 0 amide bonds. The van der Waals surface area contributed by atoms with Crippen LogP contribution in [0.3, 0.4) is 0 Å². The molecule has 0 N–H and O–H groups in total. The van der Waals surface area contributed by atoms with Crippen LogP contribution < -0.4 is 0 Å². The summed E-state index contributed by atoms with van der Waals surface area (Å²) in [4.78, 5) is 2.48. The first-order valence-electron chi connectivity index (χ1n) is 5.10. The van der Waals surface area contributed by atoms with Crippen molar-refractivity contribution in [1.29, 1.82) is 0 Å². The lowest BCUT2D eigenvalue weighted by atomic mass is 10.0. The van der Waals surface area contributed by atoms with Crippen LogP contribution in [0, 0.1) is 0 Å². The van der Waals surface area contributed by atoms with E-state index in [0.29, 0.717) is 0 Å². The molecule has 1 aromatic carbocycles. The first-order chi connectivity index (χ1) is 6.36. The normalized spacial score (nSPS) is 23.6. The van der Waals surface area contributed by atoms with Crippen molar-refractivity contribution >= 4 is 0 Å². The number of rotatable bonds is 2. The molecule has 0 radical (unpaired) electrons. The first kappa shape index (κ1) is 8.76. The Morgan fingerprint density at radius 3 is 2.69 bits per heavy atom. The van der Waals surface area contributed by atoms with Gasteiger partial charge in [0.25, 0.3) is 0 Å². The van der Waals surface area contributed by atoms with Crippen LogP contribution in [0.25, 0.3) is 0 Å². The zero-order valence-corrected chi connectivity index (χ0v) is 8.24. The summed E-state index contributed by atoms with van der Waals surface area (Å²) < 4.78 is 0. The predicted octanol–water partition coefficient (Wildman–Crippen LogP) is 2.32. The molecule has 1 nitrogen and oxygen atoms in total. The minimum absolute atomic E-state index is 0.780. The summed E-state index contributed by atoms with van der Waals surface area (Å²) in [6, 6.07) is 11.6. The van der Waals surface area contributed by atoms with E-state index >= 15 is 0 Å². The smallest absolute Gasteiger partial charge is 0.0133 e. The van der Waals surface area contributed by atoms with E-state index in [1.807, 2.05) is 0 Å². The van der Waals surface area contributed by atoms with Gasteiger partial charge in [-0.3, -0.25) is 0 Å². The molecule has 0 aromatic heterocycles. The van der Waals surface area contributed by atoms with Crippen LogP contribution in [0.1, 0.15) is 18.4 Å². The maximum atomic E-state index is 2.48. The van der Waals surface area contributed by atoms with Gasteiger partial charge in [0.2, 0.25) is 0 Å². The summed E-state index contributed by atoms with van der Waals surface area (Å²) >= 11 is 0. The van der Waals surface area contributed by atoms with Crippen LogP contribution in [0.4, 0.5) is 0 Å². The van der Waals surface area contributed by atoms with Gasteiger partial charge in [-0.05, 0) is 38.4 Å². The van der Waals surface area contributed by atoms with Gasteiger partial charge in [0.1, 0.15) is 0 Å². The number of likely N-dealkylation sites (N-methyl/N-ethyl adjacent to an activating group) is 1. The van der Waals surface area contributed by atoms with Crippen LogP contribution in [0.15, 0.2) is 30.3 Å². The summed E-state index contributed by atoms with van der Waals surface area (Å²) in [5.41, 5.74) is 1.47. The van der Waals surface area contributed by atoms with Gasteiger partial charge in [0, 0.05) is 6.04 Å². The molecule has 1 heteroatoms. The molecule has 0 aliphatic carbocycles. The Kier molecular flexibility index (Phi) is 2.65. The molecule has 1 unspecified atom stereocenters. The quantitative estimate of drug-likeness (QED) is 0.666. The van der Waals surface area contributed by atoms with Crippen molar-refractivity contribution in [3.63, 3.8) is 0 Å². The maximum absolute atomic E-state index is 2.48. The fourth-order valence-corrected chi connectivity index (χ4v) is 2.12. The number of nitrogens with zero attached hydrogens (tertiary/aromatic N) is 1. The van der Waals surface area contributed by atoms with E-state index in [1.54, 1.807) is 0 Å². The molecular weight excluding hydrogens is 158 g/mol. The van der Waals surface area contributed by atoms with E-state index in [4.69, 9.17) is 0 Å². The number of hydrogen-bond acceptors (Lipinski definition) is 1. The van der Waals surface area contributed by atoms with Crippen molar-refractivity contribution in [3.8, 4) is 0 Å². The Hall–Kier alpha value is -0.820. The van der Waals surface area contributed by atoms with Crippen molar-refractivity contribution in [1.82, 2.24) is 4.90 Å².